The molecule has 0 aromatic carbocycles. The van der Waals surface area contributed by atoms with Crippen molar-refractivity contribution < 1.29 is 5.02 Å². The van der Waals surface area contributed by atoms with Gasteiger partial charge in [0.1, 0.15) is 0 Å². The molecule has 0 bridgehead atoms. The standard InChI is InChI=1S/C5H13BO/c1-3-5-6(7)4-2/h7H,3-5H2,1-2H3. The van der Waals surface area contributed by atoms with E-state index in [-0.39, 0.29) is 6.92 Å². The van der Waals surface area contributed by atoms with Crippen LogP contribution in [0.3, 0.4) is 0 Å². The molecule has 0 unspecified atom stereocenters. The van der Waals surface area contributed by atoms with Crippen molar-refractivity contribution in [1.29, 1.82) is 0 Å². The molecule has 0 radical (unpaired) electrons. The fraction of sp³-hybridized carbons (Fsp3) is 1.00. The van der Waals surface area contributed by atoms with Crippen LogP contribution in [-0.4, -0.2) is 11.9 Å². The summed E-state index contributed by atoms with van der Waals surface area (Å²) in [5.74, 6) is 0. The summed E-state index contributed by atoms with van der Waals surface area (Å²) < 4.78 is 0. The van der Waals surface area contributed by atoms with Crippen LogP contribution in [0.1, 0.15) is 20.3 Å². The van der Waals surface area contributed by atoms with Gasteiger partial charge >= 0.3 is 0 Å². The van der Waals surface area contributed by atoms with E-state index in [4.69, 9.17) is 5.02 Å². The quantitative estimate of drug-likeness (QED) is 0.531. The first kappa shape index (κ1) is 7.02. The predicted octanol–water partition coefficient (Wildman–Crippen LogP) is 1.40. The lowest BCUT2D eigenvalue weighted by atomic mass is 9.62. The average Bonchev–Trinajstić information content (AvgIpc) is 1.68. The van der Waals surface area contributed by atoms with E-state index in [9.17, 15) is 0 Å². The number of rotatable bonds is 3. The second-order valence-corrected chi connectivity index (χ2v) is 1.85. The van der Waals surface area contributed by atoms with E-state index in [1.807, 2.05) is 6.92 Å². The monoisotopic (exact) mass is 100 g/mol. The summed E-state index contributed by atoms with van der Waals surface area (Å²) in [7, 11) is 0. The average molecular weight is 100.0 g/mol. The zero-order chi connectivity index (χ0) is 5.70. The largest absolute Gasteiger partial charge is 0.450 e. The maximum atomic E-state index is 8.86. The third kappa shape index (κ3) is 3.87. The summed E-state index contributed by atoms with van der Waals surface area (Å²) in [6, 6.07) is 0. The second kappa shape index (κ2) is 4.19. The fourth-order valence-electron chi connectivity index (χ4n) is 0.537. The molecule has 0 fully saturated rings. The molecule has 0 saturated heterocycles. The SMILES string of the molecule is CCCB(O)CC. The molecule has 1 N–H and O–H groups in total. The molecule has 0 amide bonds. The van der Waals surface area contributed by atoms with E-state index in [0.717, 1.165) is 19.1 Å². The zero-order valence-electron chi connectivity index (χ0n) is 5.15. The minimum atomic E-state index is -0.0509. The molecule has 0 heterocycles. The molecule has 1 nitrogen and oxygen atoms in total. The molecule has 0 atom stereocenters. The summed E-state index contributed by atoms with van der Waals surface area (Å²) in [5, 5.41) is 8.86. The van der Waals surface area contributed by atoms with E-state index in [1.165, 1.54) is 0 Å². The lowest BCUT2D eigenvalue weighted by Crippen LogP contribution is -2.07. The Morgan fingerprint density at radius 2 is 2.00 bits per heavy atom. The molecular weight excluding hydrogens is 86.9 g/mol. The van der Waals surface area contributed by atoms with Crippen molar-refractivity contribution >= 4 is 6.92 Å². The Hall–Kier alpha value is 0.0249. The minimum Gasteiger partial charge on any atom is -0.450 e. The van der Waals surface area contributed by atoms with Gasteiger partial charge in [0.25, 0.3) is 6.92 Å². The van der Waals surface area contributed by atoms with Crippen molar-refractivity contribution in [3.63, 3.8) is 0 Å². The highest BCUT2D eigenvalue weighted by Crippen LogP contribution is 1.96. The third-order valence-electron chi connectivity index (χ3n) is 1.09. The smallest absolute Gasteiger partial charge is 0.288 e. The van der Waals surface area contributed by atoms with Crippen LogP contribution < -0.4 is 0 Å². The molecule has 0 saturated carbocycles. The first-order valence-electron chi connectivity index (χ1n) is 2.99. The van der Waals surface area contributed by atoms with Gasteiger partial charge in [-0.25, -0.2) is 0 Å². The third-order valence-corrected chi connectivity index (χ3v) is 1.09. The van der Waals surface area contributed by atoms with Gasteiger partial charge in [-0.05, 0) is 6.32 Å². The molecule has 0 rings (SSSR count). The van der Waals surface area contributed by atoms with E-state index < -0.39 is 0 Å². The molecule has 0 aliphatic carbocycles. The van der Waals surface area contributed by atoms with Crippen LogP contribution in [0.4, 0.5) is 0 Å². The number of hydrogen-bond donors (Lipinski definition) is 1. The second-order valence-electron chi connectivity index (χ2n) is 1.85. The van der Waals surface area contributed by atoms with E-state index in [1.54, 1.807) is 0 Å². The van der Waals surface area contributed by atoms with Crippen molar-refractivity contribution in [3.05, 3.63) is 0 Å². The van der Waals surface area contributed by atoms with Gasteiger partial charge in [0, 0.05) is 0 Å². The van der Waals surface area contributed by atoms with Gasteiger partial charge in [-0.3, -0.25) is 0 Å². The van der Waals surface area contributed by atoms with Gasteiger partial charge in [-0.1, -0.05) is 26.6 Å². The zero-order valence-corrected chi connectivity index (χ0v) is 5.15. The van der Waals surface area contributed by atoms with Crippen LogP contribution in [-0.2, 0) is 0 Å². The first-order chi connectivity index (χ1) is 3.31. The normalized spacial score (nSPS) is 9.00. The molecule has 0 spiro atoms. The van der Waals surface area contributed by atoms with Crippen LogP contribution in [0.5, 0.6) is 0 Å². The van der Waals surface area contributed by atoms with E-state index in [2.05, 4.69) is 6.92 Å². The maximum Gasteiger partial charge on any atom is 0.288 e. The highest BCUT2D eigenvalue weighted by atomic mass is 16.2. The maximum absolute atomic E-state index is 8.86. The van der Waals surface area contributed by atoms with E-state index >= 15 is 0 Å². The molecule has 7 heavy (non-hydrogen) atoms. The Kier molecular flexibility index (Phi) is 4.21. The lowest BCUT2D eigenvalue weighted by Gasteiger charge is -1.95. The highest BCUT2D eigenvalue weighted by Gasteiger charge is 2.02. The van der Waals surface area contributed by atoms with Crippen molar-refractivity contribution in [2.24, 2.45) is 0 Å². The molecule has 0 aliphatic rings. The molecule has 0 aromatic heterocycles. The van der Waals surface area contributed by atoms with Crippen molar-refractivity contribution in [2.45, 2.75) is 32.9 Å². The van der Waals surface area contributed by atoms with E-state index in [0.29, 0.717) is 0 Å². The topological polar surface area (TPSA) is 20.2 Å². The molecule has 0 aliphatic heterocycles. The first-order valence-corrected chi connectivity index (χ1v) is 2.99. The summed E-state index contributed by atoms with van der Waals surface area (Å²) in [6.45, 7) is 4.03. The van der Waals surface area contributed by atoms with Gasteiger partial charge < -0.3 is 5.02 Å². The van der Waals surface area contributed by atoms with Gasteiger partial charge in [-0.15, -0.1) is 0 Å². The number of hydrogen-bond acceptors (Lipinski definition) is 1. The Morgan fingerprint density at radius 1 is 1.43 bits per heavy atom. The Balaban J connectivity index is 2.83. The van der Waals surface area contributed by atoms with Crippen LogP contribution in [0.2, 0.25) is 12.6 Å². The molecule has 0 aromatic rings. The van der Waals surface area contributed by atoms with Gasteiger partial charge in [0.15, 0.2) is 0 Å². The van der Waals surface area contributed by atoms with Crippen LogP contribution >= 0.6 is 0 Å². The Bertz CT molecular complexity index is 39.1. The summed E-state index contributed by atoms with van der Waals surface area (Å²) in [5.41, 5.74) is 0. The van der Waals surface area contributed by atoms with Crippen molar-refractivity contribution in [1.82, 2.24) is 0 Å². The molecule has 42 valence electrons. The summed E-state index contributed by atoms with van der Waals surface area (Å²) in [4.78, 5) is 0. The summed E-state index contributed by atoms with van der Waals surface area (Å²) in [6.07, 6.45) is 2.94. The molecular formula is C5H13BO. The van der Waals surface area contributed by atoms with Crippen molar-refractivity contribution in [2.75, 3.05) is 0 Å². The Labute approximate surface area is 45.9 Å². The van der Waals surface area contributed by atoms with Gasteiger partial charge in [0.2, 0.25) is 0 Å². The highest BCUT2D eigenvalue weighted by molar-refractivity contribution is 6.50. The summed E-state index contributed by atoms with van der Waals surface area (Å²) >= 11 is 0. The van der Waals surface area contributed by atoms with Crippen LogP contribution in [0, 0.1) is 0 Å². The van der Waals surface area contributed by atoms with Gasteiger partial charge in [0.05, 0.1) is 0 Å². The fourth-order valence-corrected chi connectivity index (χ4v) is 0.537. The van der Waals surface area contributed by atoms with Crippen LogP contribution in [0.15, 0.2) is 0 Å². The lowest BCUT2D eigenvalue weighted by molar-refractivity contribution is 0.566. The molecule has 2 heteroatoms. The predicted molar refractivity (Wildman–Crippen MR) is 33.6 cm³/mol. The minimum absolute atomic E-state index is 0.0509. The van der Waals surface area contributed by atoms with Crippen LogP contribution in [0.25, 0.3) is 0 Å². The van der Waals surface area contributed by atoms with Gasteiger partial charge in [-0.2, -0.15) is 0 Å². The Morgan fingerprint density at radius 3 is 2.14 bits per heavy atom. The van der Waals surface area contributed by atoms with Crippen molar-refractivity contribution in [3.8, 4) is 0 Å².